The summed E-state index contributed by atoms with van der Waals surface area (Å²) in [7, 11) is -3.86. The van der Waals surface area contributed by atoms with E-state index in [4.69, 9.17) is 9.47 Å². The lowest BCUT2D eigenvalue weighted by Crippen LogP contribution is -2.49. The van der Waals surface area contributed by atoms with E-state index in [1.165, 1.54) is 23.5 Å². The SMILES string of the molecule is O=C1CN(S(=O)(=O)c2cccc(NC(=O)c3ccc(-c4ccc5c(c4)OCCO5)s3)c2)CCN1. The zero-order valence-corrected chi connectivity index (χ0v) is 19.6. The molecule has 2 aliphatic heterocycles. The number of thiophene rings is 1. The van der Waals surface area contributed by atoms with Crippen LogP contribution >= 0.6 is 11.3 Å². The largest absolute Gasteiger partial charge is 0.486 e. The third-order valence-corrected chi connectivity index (χ3v) is 8.36. The molecule has 9 nitrogen and oxygen atoms in total. The summed E-state index contributed by atoms with van der Waals surface area (Å²) < 4.78 is 38.2. The molecule has 2 N–H and O–H groups in total. The molecule has 0 atom stereocenters. The molecule has 3 heterocycles. The number of carbonyl (C=O) groups excluding carboxylic acids is 2. The van der Waals surface area contributed by atoms with Gasteiger partial charge in [-0.1, -0.05) is 6.07 Å². The normalized spacial score (nSPS) is 16.1. The summed E-state index contributed by atoms with van der Waals surface area (Å²) in [6.07, 6.45) is 0. The van der Waals surface area contributed by atoms with E-state index in [1.54, 1.807) is 18.2 Å². The molecule has 2 amide bonds. The molecule has 1 aromatic heterocycles. The van der Waals surface area contributed by atoms with Gasteiger partial charge in [0.15, 0.2) is 11.5 Å². The third kappa shape index (κ3) is 4.49. The van der Waals surface area contributed by atoms with E-state index in [0.717, 1.165) is 14.7 Å². The van der Waals surface area contributed by atoms with Gasteiger partial charge in [-0.3, -0.25) is 9.59 Å². The van der Waals surface area contributed by atoms with Gasteiger partial charge in [-0.2, -0.15) is 4.31 Å². The number of amides is 2. The molecule has 1 saturated heterocycles. The van der Waals surface area contributed by atoms with Crippen LogP contribution in [0.5, 0.6) is 11.5 Å². The van der Waals surface area contributed by atoms with Crippen LogP contribution in [0, 0.1) is 0 Å². The highest BCUT2D eigenvalue weighted by atomic mass is 32.2. The molecule has 1 fully saturated rings. The number of carbonyl (C=O) groups is 2. The van der Waals surface area contributed by atoms with Gasteiger partial charge in [0.25, 0.3) is 5.91 Å². The lowest BCUT2D eigenvalue weighted by atomic mass is 10.1. The Labute approximate surface area is 200 Å². The first-order chi connectivity index (χ1) is 16.4. The Bertz CT molecular complexity index is 1370. The maximum absolute atomic E-state index is 12.9. The first kappa shape index (κ1) is 22.4. The number of hydrogen-bond acceptors (Lipinski definition) is 7. The number of nitrogens with one attached hydrogen (secondary N) is 2. The van der Waals surface area contributed by atoms with Gasteiger partial charge in [0.05, 0.1) is 16.3 Å². The second-order valence-corrected chi connectivity index (χ2v) is 10.7. The molecule has 0 bridgehead atoms. The van der Waals surface area contributed by atoms with Gasteiger partial charge in [-0.05, 0) is 54.1 Å². The van der Waals surface area contributed by atoms with Gasteiger partial charge in [0.1, 0.15) is 13.2 Å². The van der Waals surface area contributed by atoms with Gasteiger partial charge >= 0.3 is 0 Å². The molecule has 176 valence electrons. The van der Waals surface area contributed by atoms with Crippen molar-refractivity contribution in [2.75, 3.05) is 38.2 Å². The van der Waals surface area contributed by atoms with E-state index in [9.17, 15) is 18.0 Å². The molecule has 2 aliphatic rings. The van der Waals surface area contributed by atoms with Crippen LogP contribution in [-0.4, -0.2) is 57.4 Å². The van der Waals surface area contributed by atoms with Gasteiger partial charge in [-0.25, -0.2) is 8.42 Å². The molecule has 0 radical (unpaired) electrons. The van der Waals surface area contributed by atoms with E-state index in [0.29, 0.717) is 35.3 Å². The van der Waals surface area contributed by atoms with Crippen molar-refractivity contribution in [3.63, 3.8) is 0 Å². The zero-order valence-electron chi connectivity index (χ0n) is 17.9. The lowest BCUT2D eigenvalue weighted by molar-refractivity contribution is -0.122. The third-order valence-electron chi connectivity index (χ3n) is 5.39. The molecule has 11 heteroatoms. The lowest BCUT2D eigenvalue weighted by Gasteiger charge is -2.26. The molecule has 34 heavy (non-hydrogen) atoms. The van der Waals surface area contributed by atoms with E-state index in [-0.39, 0.29) is 36.3 Å². The van der Waals surface area contributed by atoms with Crippen LogP contribution in [0.4, 0.5) is 5.69 Å². The predicted molar refractivity (Wildman–Crippen MR) is 127 cm³/mol. The number of nitrogens with zero attached hydrogens (tertiary/aromatic N) is 1. The maximum atomic E-state index is 12.9. The summed E-state index contributed by atoms with van der Waals surface area (Å²) in [6, 6.07) is 15.2. The summed E-state index contributed by atoms with van der Waals surface area (Å²) in [5.74, 6) is 0.684. The molecular weight excluding hydrogens is 478 g/mol. The van der Waals surface area contributed by atoms with Crippen LogP contribution in [0.25, 0.3) is 10.4 Å². The van der Waals surface area contributed by atoms with Crippen LogP contribution in [0.1, 0.15) is 9.67 Å². The van der Waals surface area contributed by atoms with Gasteiger partial charge in [0, 0.05) is 23.7 Å². The minimum absolute atomic E-state index is 0.0168. The highest BCUT2D eigenvalue weighted by molar-refractivity contribution is 7.89. The first-order valence-corrected chi connectivity index (χ1v) is 12.8. The Hall–Kier alpha value is -3.41. The van der Waals surface area contributed by atoms with Crippen LogP contribution < -0.4 is 20.1 Å². The van der Waals surface area contributed by atoms with Crippen molar-refractivity contribution in [2.45, 2.75) is 4.90 Å². The van der Waals surface area contributed by atoms with Crippen molar-refractivity contribution in [2.24, 2.45) is 0 Å². The molecular formula is C23H21N3O6S2. The quantitative estimate of drug-likeness (QED) is 0.558. The van der Waals surface area contributed by atoms with Crippen LogP contribution in [-0.2, 0) is 14.8 Å². The fourth-order valence-electron chi connectivity index (χ4n) is 3.71. The monoisotopic (exact) mass is 499 g/mol. The van der Waals surface area contributed by atoms with Crippen molar-refractivity contribution in [3.05, 3.63) is 59.5 Å². The molecule has 2 aromatic carbocycles. The van der Waals surface area contributed by atoms with Crippen molar-refractivity contribution in [1.29, 1.82) is 0 Å². The zero-order chi connectivity index (χ0) is 23.7. The van der Waals surface area contributed by atoms with Crippen molar-refractivity contribution in [1.82, 2.24) is 9.62 Å². The summed E-state index contributed by atoms with van der Waals surface area (Å²) >= 11 is 1.32. The van der Waals surface area contributed by atoms with Crippen LogP contribution in [0.3, 0.4) is 0 Å². The Morgan fingerprint density at radius 1 is 1.03 bits per heavy atom. The number of fused-ring (bicyclic) bond motifs is 1. The average Bonchev–Trinajstić information content (AvgIpc) is 3.35. The van der Waals surface area contributed by atoms with E-state index < -0.39 is 10.0 Å². The summed E-state index contributed by atoms with van der Waals surface area (Å²) in [5, 5.41) is 5.37. The van der Waals surface area contributed by atoms with Gasteiger partial charge < -0.3 is 20.1 Å². The number of benzene rings is 2. The number of rotatable bonds is 5. The average molecular weight is 500 g/mol. The van der Waals surface area contributed by atoms with Crippen molar-refractivity contribution >= 4 is 38.9 Å². The summed E-state index contributed by atoms with van der Waals surface area (Å²) in [6.45, 7) is 1.25. The highest BCUT2D eigenvalue weighted by Crippen LogP contribution is 2.37. The highest BCUT2D eigenvalue weighted by Gasteiger charge is 2.29. The number of ether oxygens (including phenoxy) is 2. The topological polar surface area (TPSA) is 114 Å². The molecule has 5 rings (SSSR count). The standard InChI is InChI=1S/C23H21N3O6S2/c27-22-14-26(9-8-24-22)34(29,30)17-3-1-2-16(13-17)25-23(28)21-7-6-20(33-21)15-4-5-18-19(12-15)32-11-10-31-18/h1-7,12-13H,8-11,14H2,(H,24,27)(H,25,28). The summed E-state index contributed by atoms with van der Waals surface area (Å²) in [5.41, 5.74) is 1.26. The van der Waals surface area contributed by atoms with Crippen molar-refractivity contribution in [3.8, 4) is 21.9 Å². The Balaban J connectivity index is 1.32. The first-order valence-electron chi connectivity index (χ1n) is 10.6. The Kier molecular flexibility index (Phi) is 5.98. The molecule has 0 saturated carbocycles. The second-order valence-electron chi connectivity index (χ2n) is 7.69. The maximum Gasteiger partial charge on any atom is 0.265 e. The molecule has 3 aromatic rings. The fourth-order valence-corrected chi connectivity index (χ4v) is 6.05. The number of sulfonamides is 1. The fraction of sp³-hybridized carbons (Fsp3) is 0.217. The number of anilines is 1. The smallest absolute Gasteiger partial charge is 0.265 e. The van der Waals surface area contributed by atoms with E-state index in [1.807, 2.05) is 24.3 Å². The number of hydrogen-bond donors (Lipinski definition) is 2. The molecule has 0 unspecified atom stereocenters. The minimum Gasteiger partial charge on any atom is -0.486 e. The Morgan fingerprint density at radius 2 is 1.85 bits per heavy atom. The van der Waals surface area contributed by atoms with Crippen LogP contribution in [0.15, 0.2) is 59.5 Å². The van der Waals surface area contributed by atoms with Crippen LogP contribution in [0.2, 0.25) is 0 Å². The number of piperazine rings is 1. The van der Waals surface area contributed by atoms with E-state index in [2.05, 4.69) is 10.6 Å². The van der Waals surface area contributed by atoms with Crippen molar-refractivity contribution < 1.29 is 27.5 Å². The Morgan fingerprint density at radius 3 is 2.68 bits per heavy atom. The second kappa shape index (κ2) is 9.09. The molecule has 0 spiro atoms. The van der Waals surface area contributed by atoms with Gasteiger partial charge in [-0.15, -0.1) is 11.3 Å². The minimum atomic E-state index is -3.86. The predicted octanol–water partition coefficient (Wildman–Crippen LogP) is 2.56. The molecule has 0 aliphatic carbocycles. The van der Waals surface area contributed by atoms with E-state index >= 15 is 0 Å². The van der Waals surface area contributed by atoms with Gasteiger partial charge in [0.2, 0.25) is 15.9 Å². The summed E-state index contributed by atoms with van der Waals surface area (Å²) in [4.78, 5) is 25.8.